The number of piperazine rings is 1. The third-order valence-corrected chi connectivity index (χ3v) is 5.00. The van der Waals surface area contributed by atoms with E-state index in [4.69, 9.17) is 4.98 Å². The van der Waals surface area contributed by atoms with E-state index >= 15 is 0 Å². The quantitative estimate of drug-likeness (QED) is 0.684. The average Bonchev–Trinajstić information content (AvgIpc) is 2.71. The number of para-hydroxylation sites is 1. The first kappa shape index (κ1) is 17.3. The first-order valence-electron chi connectivity index (χ1n) is 9.12. The van der Waals surface area contributed by atoms with Crippen LogP contribution in [-0.4, -0.2) is 45.5 Å². The summed E-state index contributed by atoms with van der Waals surface area (Å²) in [7, 11) is 1.77. The summed E-state index contributed by atoms with van der Waals surface area (Å²) in [6.45, 7) is 5.41. The van der Waals surface area contributed by atoms with Gasteiger partial charge in [0.25, 0.3) is 11.1 Å². The molecular formula is C19H22N6O2. The topological polar surface area (TPSA) is 76.3 Å². The molecule has 1 aromatic carbocycles. The summed E-state index contributed by atoms with van der Waals surface area (Å²) in [6, 6.07) is 10.8. The lowest BCUT2D eigenvalue weighted by Gasteiger charge is -2.36. The van der Waals surface area contributed by atoms with Crippen molar-refractivity contribution in [1.82, 2.24) is 19.3 Å². The minimum absolute atomic E-state index is 0.0327. The van der Waals surface area contributed by atoms with Gasteiger partial charge in [-0.3, -0.25) is 14.2 Å². The van der Waals surface area contributed by atoms with E-state index in [0.717, 1.165) is 37.5 Å². The van der Waals surface area contributed by atoms with Crippen LogP contribution in [0.15, 0.2) is 46.0 Å². The zero-order chi connectivity index (χ0) is 19.0. The molecule has 0 N–H and O–H groups in total. The molecule has 0 spiro atoms. The largest absolute Gasteiger partial charge is 0.352 e. The Morgan fingerprint density at radius 1 is 0.963 bits per heavy atom. The molecule has 0 aliphatic carbocycles. The molecule has 3 heterocycles. The minimum atomic E-state index is -0.0877. The van der Waals surface area contributed by atoms with Gasteiger partial charge in [-0.1, -0.05) is 12.1 Å². The van der Waals surface area contributed by atoms with E-state index in [1.165, 1.54) is 4.68 Å². The van der Waals surface area contributed by atoms with E-state index < -0.39 is 0 Å². The number of nitrogens with zero attached hydrogens (tertiary/aromatic N) is 6. The van der Waals surface area contributed by atoms with Gasteiger partial charge in [0.2, 0.25) is 5.95 Å². The average molecular weight is 366 g/mol. The van der Waals surface area contributed by atoms with Crippen LogP contribution in [0.3, 0.4) is 0 Å². The highest BCUT2D eigenvalue weighted by atomic mass is 16.1. The third kappa shape index (κ3) is 3.07. The first-order chi connectivity index (χ1) is 13.1. The van der Waals surface area contributed by atoms with Crippen LogP contribution in [0, 0.1) is 0 Å². The Bertz CT molecular complexity index is 1100. The van der Waals surface area contributed by atoms with Crippen molar-refractivity contribution in [1.29, 1.82) is 0 Å². The lowest BCUT2D eigenvalue weighted by Crippen LogP contribution is -2.49. The Hall–Kier alpha value is -3.16. The van der Waals surface area contributed by atoms with Crippen molar-refractivity contribution in [2.45, 2.75) is 13.5 Å². The Morgan fingerprint density at radius 3 is 2.41 bits per heavy atom. The number of aromatic nitrogens is 4. The SMILES string of the molecule is CCn1nc(N2CCN(c3nc4ccccc4c(=O)n3C)CC2)ccc1=O. The van der Waals surface area contributed by atoms with Crippen LogP contribution in [0.2, 0.25) is 0 Å². The Morgan fingerprint density at radius 2 is 1.67 bits per heavy atom. The fourth-order valence-electron chi connectivity index (χ4n) is 3.46. The van der Waals surface area contributed by atoms with Crippen LogP contribution < -0.4 is 20.9 Å². The molecule has 140 valence electrons. The Kier molecular flexibility index (Phi) is 4.39. The third-order valence-electron chi connectivity index (χ3n) is 5.00. The zero-order valence-electron chi connectivity index (χ0n) is 15.5. The summed E-state index contributed by atoms with van der Waals surface area (Å²) >= 11 is 0. The highest BCUT2D eigenvalue weighted by molar-refractivity contribution is 5.78. The molecule has 2 aromatic heterocycles. The van der Waals surface area contributed by atoms with Gasteiger partial charge in [0.05, 0.1) is 10.9 Å². The number of benzene rings is 1. The normalized spacial score (nSPS) is 14.7. The lowest BCUT2D eigenvalue weighted by molar-refractivity contribution is 0.581. The molecule has 4 rings (SSSR count). The van der Waals surface area contributed by atoms with E-state index in [0.29, 0.717) is 17.9 Å². The molecule has 3 aromatic rings. The second-order valence-corrected chi connectivity index (χ2v) is 6.61. The Balaban J connectivity index is 1.58. The monoisotopic (exact) mass is 366 g/mol. The van der Waals surface area contributed by atoms with E-state index in [1.54, 1.807) is 29.8 Å². The van der Waals surface area contributed by atoms with Gasteiger partial charge in [-0.25, -0.2) is 9.67 Å². The van der Waals surface area contributed by atoms with Crippen LogP contribution in [0.4, 0.5) is 11.8 Å². The van der Waals surface area contributed by atoms with Crippen molar-refractivity contribution >= 4 is 22.7 Å². The first-order valence-corrected chi connectivity index (χ1v) is 9.12. The standard InChI is InChI=1S/C19H22N6O2/c1-3-25-17(26)9-8-16(21-25)23-10-12-24(13-11-23)19-20-15-7-5-4-6-14(15)18(27)22(19)2/h4-9H,3,10-13H2,1-2H3. The van der Waals surface area contributed by atoms with Crippen molar-refractivity contribution in [2.24, 2.45) is 7.05 Å². The number of hydrogen-bond donors (Lipinski definition) is 0. The van der Waals surface area contributed by atoms with E-state index in [1.807, 2.05) is 25.1 Å². The molecule has 0 atom stereocenters. The Labute approximate surface area is 156 Å². The van der Waals surface area contributed by atoms with E-state index in [-0.39, 0.29) is 11.1 Å². The summed E-state index contributed by atoms with van der Waals surface area (Å²) in [5.41, 5.74) is 0.597. The van der Waals surface area contributed by atoms with Crippen LogP contribution in [0.1, 0.15) is 6.92 Å². The molecular weight excluding hydrogens is 344 g/mol. The number of rotatable bonds is 3. The smallest absolute Gasteiger partial charge is 0.266 e. The molecule has 8 heteroatoms. The molecule has 8 nitrogen and oxygen atoms in total. The summed E-state index contributed by atoms with van der Waals surface area (Å²) in [5, 5.41) is 5.06. The summed E-state index contributed by atoms with van der Waals surface area (Å²) in [5.74, 6) is 1.49. The van der Waals surface area contributed by atoms with Gasteiger partial charge in [0.1, 0.15) is 5.82 Å². The number of fused-ring (bicyclic) bond motifs is 1. The van der Waals surface area contributed by atoms with E-state index in [9.17, 15) is 9.59 Å². The number of hydrogen-bond acceptors (Lipinski definition) is 6. The van der Waals surface area contributed by atoms with E-state index in [2.05, 4.69) is 14.9 Å². The van der Waals surface area contributed by atoms with Crippen molar-refractivity contribution in [3.05, 3.63) is 57.1 Å². The molecule has 0 amide bonds. The van der Waals surface area contributed by atoms with Gasteiger partial charge in [-0.05, 0) is 25.1 Å². The molecule has 1 saturated heterocycles. The molecule has 0 unspecified atom stereocenters. The van der Waals surface area contributed by atoms with Gasteiger partial charge in [0, 0.05) is 45.8 Å². The number of anilines is 2. The van der Waals surface area contributed by atoms with Gasteiger partial charge in [-0.15, -0.1) is 0 Å². The van der Waals surface area contributed by atoms with Gasteiger partial charge < -0.3 is 9.80 Å². The summed E-state index contributed by atoms with van der Waals surface area (Å²) in [6.07, 6.45) is 0. The number of aryl methyl sites for hydroxylation is 1. The van der Waals surface area contributed by atoms with Crippen LogP contribution in [0.25, 0.3) is 10.9 Å². The molecule has 0 radical (unpaired) electrons. The predicted molar refractivity (Wildman–Crippen MR) is 106 cm³/mol. The van der Waals surface area contributed by atoms with Crippen molar-refractivity contribution < 1.29 is 0 Å². The summed E-state index contributed by atoms with van der Waals surface area (Å²) in [4.78, 5) is 33.3. The van der Waals surface area contributed by atoms with Gasteiger partial charge in [-0.2, -0.15) is 5.10 Å². The maximum atomic E-state index is 12.6. The maximum absolute atomic E-state index is 12.6. The zero-order valence-corrected chi connectivity index (χ0v) is 15.5. The van der Waals surface area contributed by atoms with Crippen molar-refractivity contribution in [2.75, 3.05) is 36.0 Å². The predicted octanol–water partition coefficient (Wildman–Crippen LogP) is 0.837. The molecule has 1 aliphatic heterocycles. The van der Waals surface area contributed by atoms with Crippen LogP contribution in [-0.2, 0) is 13.6 Å². The summed E-state index contributed by atoms with van der Waals surface area (Å²) < 4.78 is 3.09. The highest BCUT2D eigenvalue weighted by Crippen LogP contribution is 2.18. The minimum Gasteiger partial charge on any atom is -0.352 e. The van der Waals surface area contributed by atoms with Crippen LogP contribution in [0.5, 0.6) is 0 Å². The fraction of sp³-hybridized carbons (Fsp3) is 0.368. The second kappa shape index (κ2) is 6.86. The highest BCUT2D eigenvalue weighted by Gasteiger charge is 2.22. The fourth-order valence-corrected chi connectivity index (χ4v) is 3.46. The lowest BCUT2D eigenvalue weighted by atomic mass is 10.2. The molecule has 0 saturated carbocycles. The molecule has 0 bridgehead atoms. The molecule has 1 aliphatic rings. The van der Waals surface area contributed by atoms with Gasteiger partial charge in [0.15, 0.2) is 0 Å². The van der Waals surface area contributed by atoms with Crippen molar-refractivity contribution in [3.63, 3.8) is 0 Å². The molecule has 1 fully saturated rings. The van der Waals surface area contributed by atoms with Gasteiger partial charge >= 0.3 is 0 Å². The van der Waals surface area contributed by atoms with Crippen LogP contribution >= 0.6 is 0 Å². The molecule has 27 heavy (non-hydrogen) atoms. The van der Waals surface area contributed by atoms with Crippen molar-refractivity contribution in [3.8, 4) is 0 Å². The maximum Gasteiger partial charge on any atom is 0.266 e. The second-order valence-electron chi connectivity index (χ2n) is 6.61.